The van der Waals surface area contributed by atoms with Crippen molar-refractivity contribution in [2.24, 2.45) is 0 Å². The second kappa shape index (κ2) is 5.38. The number of aromatic nitrogens is 1. The topological polar surface area (TPSA) is 85.5 Å². The number of nitrogen functional groups attached to an aromatic ring is 1. The number of nitrogens with zero attached hydrogens (tertiary/aromatic N) is 2. The molecule has 0 unspecified atom stereocenters. The number of rotatable bonds is 4. The molecule has 2 N–H and O–H groups in total. The second-order valence-corrected chi connectivity index (χ2v) is 6.01. The van der Waals surface area contributed by atoms with Gasteiger partial charge in [0.25, 0.3) is 10.0 Å². The molecule has 2 rings (SSSR count). The molecule has 0 aliphatic rings. The molecule has 0 aliphatic carbocycles. The number of sulfonamides is 1. The lowest BCUT2D eigenvalue weighted by Gasteiger charge is -2.20. The van der Waals surface area contributed by atoms with Crippen molar-refractivity contribution < 1.29 is 13.2 Å². The largest absolute Gasteiger partial charge is 0.495 e. The van der Waals surface area contributed by atoms with Crippen LogP contribution in [0.25, 0.3) is 0 Å². The molecule has 1 aromatic heterocycles. The first-order valence-electron chi connectivity index (χ1n) is 5.80. The SMILES string of the molecule is COc1ccc(N)cc1S(=O)(=O)N(C)c1ccccn1. The second-order valence-electron chi connectivity index (χ2n) is 4.07. The lowest BCUT2D eigenvalue weighted by Crippen LogP contribution is -2.27. The molecule has 2 aromatic rings. The maximum atomic E-state index is 12.6. The van der Waals surface area contributed by atoms with Gasteiger partial charge < -0.3 is 10.5 Å². The van der Waals surface area contributed by atoms with Crippen LogP contribution >= 0.6 is 0 Å². The van der Waals surface area contributed by atoms with Crippen LogP contribution in [0.5, 0.6) is 5.75 Å². The fourth-order valence-electron chi connectivity index (χ4n) is 1.71. The molecular weight excluding hydrogens is 278 g/mol. The summed E-state index contributed by atoms with van der Waals surface area (Å²) in [7, 11) is -0.953. The zero-order valence-corrected chi connectivity index (χ0v) is 12.0. The zero-order chi connectivity index (χ0) is 14.8. The standard InChI is InChI=1S/C13H15N3O3S/c1-16(13-5-3-4-8-15-13)20(17,18)12-9-10(14)6-7-11(12)19-2/h3-9H,14H2,1-2H3. The van der Waals surface area contributed by atoms with Gasteiger partial charge in [-0.15, -0.1) is 0 Å². The fraction of sp³-hybridized carbons (Fsp3) is 0.154. The number of benzene rings is 1. The zero-order valence-electron chi connectivity index (χ0n) is 11.1. The Morgan fingerprint density at radius 3 is 2.60 bits per heavy atom. The number of pyridine rings is 1. The van der Waals surface area contributed by atoms with E-state index in [0.29, 0.717) is 11.5 Å². The van der Waals surface area contributed by atoms with Crippen molar-refractivity contribution in [2.75, 3.05) is 24.2 Å². The Morgan fingerprint density at radius 2 is 2.00 bits per heavy atom. The third kappa shape index (κ3) is 2.53. The number of methoxy groups -OCH3 is 1. The maximum Gasteiger partial charge on any atom is 0.269 e. The summed E-state index contributed by atoms with van der Waals surface area (Å²) in [6, 6.07) is 9.51. The molecule has 0 radical (unpaired) electrons. The molecule has 0 bridgehead atoms. The van der Waals surface area contributed by atoms with E-state index in [-0.39, 0.29) is 10.6 Å². The Bertz CT molecular complexity index is 702. The molecule has 1 heterocycles. The smallest absolute Gasteiger partial charge is 0.269 e. The van der Waals surface area contributed by atoms with Crippen LogP contribution in [0, 0.1) is 0 Å². The number of hydrogen-bond acceptors (Lipinski definition) is 5. The molecule has 20 heavy (non-hydrogen) atoms. The van der Waals surface area contributed by atoms with Crippen LogP contribution in [0.4, 0.5) is 11.5 Å². The highest BCUT2D eigenvalue weighted by molar-refractivity contribution is 7.92. The Hall–Kier alpha value is -2.28. The van der Waals surface area contributed by atoms with Gasteiger partial charge in [0.2, 0.25) is 0 Å². The van der Waals surface area contributed by atoms with Gasteiger partial charge in [-0.25, -0.2) is 13.4 Å². The van der Waals surface area contributed by atoms with Gasteiger partial charge in [0.15, 0.2) is 0 Å². The van der Waals surface area contributed by atoms with Gasteiger partial charge in [-0.1, -0.05) is 6.07 Å². The molecule has 0 spiro atoms. The summed E-state index contributed by atoms with van der Waals surface area (Å²) in [5.74, 6) is 0.555. The van der Waals surface area contributed by atoms with Gasteiger partial charge in [0.1, 0.15) is 16.5 Å². The quantitative estimate of drug-likeness (QED) is 0.863. The molecule has 7 heteroatoms. The lowest BCUT2D eigenvalue weighted by atomic mass is 10.3. The molecule has 0 aliphatic heterocycles. The van der Waals surface area contributed by atoms with Crippen LogP contribution in [0.1, 0.15) is 0 Å². The Labute approximate surface area is 117 Å². The predicted octanol–water partition coefficient (Wildman–Crippen LogP) is 1.50. The van der Waals surface area contributed by atoms with E-state index in [4.69, 9.17) is 10.5 Å². The van der Waals surface area contributed by atoms with Crippen molar-refractivity contribution in [3.8, 4) is 5.75 Å². The van der Waals surface area contributed by atoms with Crippen LogP contribution in [-0.2, 0) is 10.0 Å². The van der Waals surface area contributed by atoms with Crippen molar-refractivity contribution in [2.45, 2.75) is 4.90 Å². The molecular formula is C13H15N3O3S. The van der Waals surface area contributed by atoms with Gasteiger partial charge >= 0.3 is 0 Å². The average molecular weight is 293 g/mol. The van der Waals surface area contributed by atoms with E-state index in [1.165, 1.54) is 32.5 Å². The number of nitrogens with two attached hydrogens (primary N) is 1. The molecule has 6 nitrogen and oxygen atoms in total. The third-order valence-corrected chi connectivity index (χ3v) is 4.58. The molecule has 0 fully saturated rings. The number of hydrogen-bond donors (Lipinski definition) is 1. The minimum atomic E-state index is -3.79. The van der Waals surface area contributed by atoms with Crippen molar-refractivity contribution >= 4 is 21.5 Å². The highest BCUT2D eigenvalue weighted by atomic mass is 32.2. The van der Waals surface area contributed by atoms with Gasteiger partial charge in [0.05, 0.1) is 7.11 Å². The fourth-order valence-corrected chi connectivity index (χ4v) is 3.05. The van der Waals surface area contributed by atoms with E-state index < -0.39 is 10.0 Å². The molecule has 0 amide bonds. The highest BCUT2D eigenvalue weighted by Gasteiger charge is 2.26. The van der Waals surface area contributed by atoms with Crippen LogP contribution < -0.4 is 14.8 Å². The van der Waals surface area contributed by atoms with Crippen molar-refractivity contribution in [1.82, 2.24) is 4.98 Å². The molecule has 0 saturated carbocycles. The van der Waals surface area contributed by atoms with E-state index in [0.717, 1.165) is 4.31 Å². The monoisotopic (exact) mass is 293 g/mol. The molecule has 106 valence electrons. The van der Waals surface area contributed by atoms with Crippen molar-refractivity contribution in [1.29, 1.82) is 0 Å². The van der Waals surface area contributed by atoms with E-state index in [1.54, 1.807) is 24.3 Å². The van der Waals surface area contributed by atoms with E-state index in [9.17, 15) is 8.42 Å². The van der Waals surface area contributed by atoms with Gasteiger partial charge in [-0.2, -0.15) is 0 Å². The van der Waals surface area contributed by atoms with Gasteiger partial charge in [0, 0.05) is 18.9 Å². The van der Waals surface area contributed by atoms with Gasteiger partial charge in [-0.05, 0) is 30.3 Å². The first-order valence-corrected chi connectivity index (χ1v) is 7.24. The number of anilines is 2. The minimum absolute atomic E-state index is 0.00755. The molecule has 1 aromatic carbocycles. The van der Waals surface area contributed by atoms with Crippen LogP contribution in [0.2, 0.25) is 0 Å². The van der Waals surface area contributed by atoms with Crippen molar-refractivity contribution in [3.05, 3.63) is 42.6 Å². The maximum absolute atomic E-state index is 12.6. The molecule has 0 atom stereocenters. The Balaban J connectivity index is 2.53. The van der Waals surface area contributed by atoms with Crippen molar-refractivity contribution in [3.63, 3.8) is 0 Å². The summed E-state index contributed by atoms with van der Waals surface area (Å²) in [4.78, 5) is 4.03. The molecule has 0 saturated heterocycles. The first-order chi connectivity index (χ1) is 9.46. The normalized spacial score (nSPS) is 11.1. The first kappa shape index (κ1) is 14.1. The summed E-state index contributed by atoms with van der Waals surface area (Å²) >= 11 is 0. The van der Waals surface area contributed by atoms with Gasteiger partial charge in [-0.3, -0.25) is 4.31 Å². The van der Waals surface area contributed by atoms with Crippen LogP contribution in [0.15, 0.2) is 47.5 Å². The number of ether oxygens (including phenoxy) is 1. The van der Waals surface area contributed by atoms with E-state index in [1.807, 2.05) is 0 Å². The average Bonchev–Trinajstić information content (AvgIpc) is 2.47. The van der Waals surface area contributed by atoms with E-state index in [2.05, 4.69) is 4.98 Å². The lowest BCUT2D eigenvalue weighted by molar-refractivity contribution is 0.403. The summed E-state index contributed by atoms with van der Waals surface area (Å²) in [5.41, 5.74) is 6.01. The van der Waals surface area contributed by atoms with Crippen LogP contribution in [0.3, 0.4) is 0 Å². The van der Waals surface area contributed by atoms with E-state index >= 15 is 0 Å². The summed E-state index contributed by atoms with van der Waals surface area (Å²) in [6.07, 6.45) is 1.53. The summed E-state index contributed by atoms with van der Waals surface area (Å²) in [6.45, 7) is 0. The Kier molecular flexibility index (Phi) is 3.80. The predicted molar refractivity (Wildman–Crippen MR) is 77.2 cm³/mol. The van der Waals surface area contributed by atoms with Crippen LogP contribution in [-0.4, -0.2) is 27.6 Å². The summed E-state index contributed by atoms with van der Waals surface area (Å²) < 4.78 is 31.4. The summed E-state index contributed by atoms with van der Waals surface area (Å²) in [5, 5.41) is 0. The Morgan fingerprint density at radius 1 is 1.25 bits per heavy atom. The minimum Gasteiger partial charge on any atom is -0.495 e. The highest BCUT2D eigenvalue weighted by Crippen LogP contribution is 2.29. The third-order valence-electron chi connectivity index (χ3n) is 2.80.